The highest BCUT2D eigenvalue weighted by Crippen LogP contribution is 2.38. The quantitative estimate of drug-likeness (QED) is 0.542. The first-order valence-corrected chi connectivity index (χ1v) is 10.6. The number of nitrogens with zero attached hydrogens (tertiary/aromatic N) is 1. The van der Waals surface area contributed by atoms with Crippen LogP contribution in [0.4, 0.5) is 0 Å². The standard InChI is InChI=1S/C26H31NO7/c1-27-14-18(8-16-10-22(31-4)24(33-6)12-20(16)29-2)26(28)19(15-27)9-17-11-23(32-5)25(34-7)13-21(17)30-3/h8-13H,14-15H2,1-7H3/b18-8+,19-9+. The molecule has 0 N–H and O–H groups in total. The fourth-order valence-electron chi connectivity index (χ4n) is 3.92. The van der Waals surface area contributed by atoms with Crippen LogP contribution >= 0.6 is 0 Å². The molecule has 0 bridgehead atoms. The minimum absolute atomic E-state index is 0.0493. The van der Waals surface area contributed by atoms with Crippen LogP contribution in [0.1, 0.15) is 11.1 Å². The molecule has 0 atom stereocenters. The molecular formula is C26H31NO7. The van der Waals surface area contributed by atoms with E-state index in [1.165, 1.54) is 0 Å². The van der Waals surface area contributed by atoms with Gasteiger partial charge >= 0.3 is 0 Å². The first kappa shape index (κ1) is 25.0. The lowest BCUT2D eigenvalue weighted by atomic mass is 9.94. The van der Waals surface area contributed by atoms with Gasteiger partial charge in [-0.1, -0.05) is 0 Å². The molecule has 182 valence electrons. The van der Waals surface area contributed by atoms with E-state index in [2.05, 4.69) is 4.90 Å². The summed E-state index contributed by atoms with van der Waals surface area (Å²) in [6.07, 6.45) is 3.66. The molecule has 0 aromatic heterocycles. The number of carbonyl (C=O) groups excluding carboxylic acids is 1. The number of carbonyl (C=O) groups is 1. The van der Waals surface area contributed by atoms with Gasteiger partial charge in [0, 0.05) is 47.5 Å². The maximum Gasteiger partial charge on any atom is 0.187 e. The van der Waals surface area contributed by atoms with Crippen molar-refractivity contribution in [2.75, 3.05) is 62.8 Å². The van der Waals surface area contributed by atoms with Gasteiger partial charge in [0.1, 0.15) is 11.5 Å². The molecule has 0 radical (unpaired) electrons. The minimum atomic E-state index is -0.0493. The molecule has 0 unspecified atom stereocenters. The number of rotatable bonds is 8. The van der Waals surface area contributed by atoms with Crippen molar-refractivity contribution in [3.63, 3.8) is 0 Å². The van der Waals surface area contributed by atoms with Gasteiger partial charge in [0.2, 0.25) is 0 Å². The topological polar surface area (TPSA) is 75.7 Å². The van der Waals surface area contributed by atoms with Crippen LogP contribution in [0.15, 0.2) is 35.4 Å². The molecule has 0 saturated carbocycles. The van der Waals surface area contributed by atoms with Gasteiger partial charge in [0.25, 0.3) is 0 Å². The lowest BCUT2D eigenvalue weighted by Gasteiger charge is -2.26. The summed E-state index contributed by atoms with van der Waals surface area (Å²) in [6, 6.07) is 7.08. The normalized spacial score (nSPS) is 16.5. The predicted molar refractivity (Wildman–Crippen MR) is 131 cm³/mol. The highest BCUT2D eigenvalue weighted by Gasteiger charge is 2.25. The van der Waals surface area contributed by atoms with Crippen LogP contribution in [0, 0.1) is 0 Å². The smallest absolute Gasteiger partial charge is 0.187 e. The Kier molecular flexibility index (Phi) is 8.07. The zero-order valence-electron chi connectivity index (χ0n) is 20.7. The van der Waals surface area contributed by atoms with Crippen LogP contribution < -0.4 is 28.4 Å². The first-order chi connectivity index (χ1) is 16.4. The molecule has 2 aromatic rings. The number of ketones is 1. The molecule has 1 saturated heterocycles. The Morgan fingerprint density at radius 1 is 0.588 bits per heavy atom. The second kappa shape index (κ2) is 11.0. The Morgan fingerprint density at radius 3 is 1.24 bits per heavy atom. The Hall–Kier alpha value is -3.65. The fourth-order valence-corrected chi connectivity index (χ4v) is 3.92. The number of likely N-dealkylation sites (N-methyl/N-ethyl adjacent to an activating group) is 1. The van der Waals surface area contributed by atoms with Crippen LogP contribution in [0.3, 0.4) is 0 Å². The summed E-state index contributed by atoms with van der Waals surface area (Å²) < 4.78 is 32.6. The second-order valence-electron chi connectivity index (χ2n) is 7.74. The summed E-state index contributed by atoms with van der Waals surface area (Å²) in [5, 5.41) is 0. The third kappa shape index (κ3) is 5.12. The molecule has 0 spiro atoms. The van der Waals surface area contributed by atoms with Gasteiger partial charge < -0.3 is 28.4 Å². The maximum atomic E-state index is 13.5. The van der Waals surface area contributed by atoms with E-state index in [-0.39, 0.29) is 5.78 Å². The molecule has 34 heavy (non-hydrogen) atoms. The van der Waals surface area contributed by atoms with Gasteiger partial charge in [0.05, 0.1) is 42.7 Å². The summed E-state index contributed by atoms with van der Waals surface area (Å²) in [5.74, 6) is 3.32. The number of hydrogen-bond acceptors (Lipinski definition) is 8. The van der Waals surface area contributed by atoms with Crippen molar-refractivity contribution in [1.29, 1.82) is 0 Å². The van der Waals surface area contributed by atoms with Crippen molar-refractivity contribution in [1.82, 2.24) is 4.90 Å². The zero-order valence-corrected chi connectivity index (χ0v) is 20.7. The fraction of sp³-hybridized carbons (Fsp3) is 0.346. The van der Waals surface area contributed by atoms with Crippen molar-refractivity contribution >= 4 is 17.9 Å². The lowest BCUT2D eigenvalue weighted by Crippen LogP contribution is -2.34. The maximum absolute atomic E-state index is 13.5. The van der Waals surface area contributed by atoms with Crippen LogP contribution in [-0.4, -0.2) is 73.5 Å². The van der Waals surface area contributed by atoms with E-state index < -0.39 is 0 Å². The average Bonchev–Trinajstić information content (AvgIpc) is 2.85. The summed E-state index contributed by atoms with van der Waals surface area (Å²) in [6.45, 7) is 0.994. The SMILES string of the molecule is COc1cc(OC)c(OC)cc1/C=C1\CN(C)C/C(=C\c2cc(OC)c(OC)cc2OC)C1=O. The molecule has 0 aliphatic carbocycles. The van der Waals surface area contributed by atoms with E-state index in [0.29, 0.717) is 58.7 Å². The number of hydrogen-bond donors (Lipinski definition) is 0. The number of methoxy groups -OCH3 is 6. The predicted octanol–water partition coefficient (Wildman–Crippen LogP) is 3.72. The highest BCUT2D eigenvalue weighted by atomic mass is 16.5. The summed E-state index contributed by atoms with van der Waals surface area (Å²) in [4.78, 5) is 15.5. The van der Waals surface area contributed by atoms with Crippen LogP contribution in [0.2, 0.25) is 0 Å². The van der Waals surface area contributed by atoms with E-state index in [4.69, 9.17) is 28.4 Å². The Morgan fingerprint density at radius 2 is 0.912 bits per heavy atom. The Labute approximate surface area is 200 Å². The number of piperidine rings is 1. The Bertz CT molecular complexity index is 1040. The molecule has 8 heteroatoms. The van der Waals surface area contributed by atoms with Crippen molar-refractivity contribution in [3.05, 3.63) is 46.5 Å². The number of Topliss-reactive ketones (excluding diaryl/α,β-unsaturated/α-hetero) is 1. The van der Waals surface area contributed by atoms with Gasteiger partial charge in [0.15, 0.2) is 28.8 Å². The second-order valence-corrected chi connectivity index (χ2v) is 7.74. The van der Waals surface area contributed by atoms with Crippen LogP contribution in [0.5, 0.6) is 34.5 Å². The van der Waals surface area contributed by atoms with E-state index in [1.807, 2.05) is 19.2 Å². The first-order valence-electron chi connectivity index (χ1n) is 10.6. The third-order valence-corrected chi connectivity index (χ3v) is 5.60. The molecule has 1 fully saturated rings. The Balaban J connectivity index is 2.07. The molecule has 8 nitrogen and oxygen atoms in total. The van der Waals surface area contributed by atoms with Gasteiger partial charge in [-0.15, -0.1) is 0 Å². The monoisotopic (exact) mass is 469 g/mol. The summed E-state index contributed by atoms with van der Waals surface area (Å²) in [5.41, 5.74) is 2.71. The van der Waals surface area contributed by atoms with Gasteiger partial charge in [-0.25, -0.2) is 0 Å². The van der Waals surface area contributed by atoms with E-state index in [9.17, 15) is 4.79 Å². The van der Waals surface area contributed by atoms with Crippen molar-refractivity contribution < 1.29 is 33.2 Å². The van der Waals surface area contributed by atoms with E-state index in [1.54, 1.807) is 66.9 Å². The number of likely N-dealkylation sites (tertiary alicyclic amines) is 1. The molecule has 0 amide bonds. The van der Waals surface area contributed by atoms with Crippen molar-refractivity contribution in [2.45, 2.75) is 0 Å². The molecule has 2 aromatic carbocycles. The van der Waals surface area contributed by atoms with Crippen molar-refractivity contribution in [3.8, 4) is 34.5 Å². The van der Waals surface area contributed by atoms with Crippen LogP contribution in [-0.2, 0) is 4.79 Å². The molecule has 1 aliphatic rings. The molecular weight excluding hydrogens is 438 g/mol. The minimum Gasteiger partial charge on any atom is -0.496 e. The summed E-state index contributed by atoms with van der Waals surface area (Å²) in [7, 11) is 11.4. The van der Waals surface area contributed by atoms with Crippen LogP contribution in [0.25, 0.3) is 12.2 Å². The molecule has 1 heterocycles. The third-order valence-electron chi connectivity index (χ3n) is 5.60. The van der Waals surface area contributed by atoms with E-state index in [0.717, 1.165) is 11.1 Å². The van der Waals surface area contributed by atoms with E-state index >= 15 is 0 Å². The number of ether oxygens (including phenoxy) is 6. The summed E-state index contributed by atoms with van der Waals surface area (Å²) >= 11 is 0. The van der Waals surface area contributed by atoms with Gasteiger partial charge in [-0.2, -0.15) is 0 Å². The van der Waals surface area contributed by atoms with Gasteiger partial charge in [-0.3, -0.25) is 9.69 Å². The van der Waals surface area contributed by atoms with Gasteiger partial charge in [-0.05, 0) is 31.3 Å². The highest BCUT2D eigenvalue weighted by molar-refractivity contribution is 6.15. The lowest BCUT2D eigenvalue weighted by molar-refractivity contribution is -0.113. The zero-order chi connectivity index (χ0) is 24.8. The average molecular weight is 470 g/mol. The number of benzene rings is 2. The molecule has 3 rings (SSSR count). The van der Waals surface area contributed by atoms with Crippen molar-refractivity contribution in [2.24, 2.45) is 0 Å². The molecule has 1 aliphatic heterocycles. The largest absolute Gasteiger partial charge is 0.496 e.